The number of thiazole rings is 1. The summed E-state index contributed by atoms with van der Waals surface area (Å²) in [4.78, 5) is 43.8. The van der Waals surface area contributed by atoms with Gasteiger partial charge in [0.1, 0.15) is 0 Å². The standard InChI is InChI=1S/C15H15N5O3S/c16-15-18-9(7-24-15)2-1-5-17-12(21)8-3-4-10-11(6-8)20-14(23)13(22)19-10/h3-4,6-7H,1-2,5H2,(H2,16,18)(H,17,21)(H,19,22)(H,20,23). The van der Waals surface area contributed by atoms with E-state index >= 15 is 0 Å². The van der Waals surface area contributed by atoms with Gasteiger partial charge in [-0.15, -0.1) is 11.3 Å². The Hall–Kier alpha value is -2.94. The number of nitrogen functional groups attached to an aromatic ring is 1. The van der Waals surface area contributed by atoms with Crippen LogP contribution in [0.15, 0.2) is 33.2 Å². The third-order valence-electron chi connectivity index (χ3n) is 3.45. The molecule has 0 saturated carbocycles. The van der Waals surface area contributed by atoms with Crippen molar-refractivity contribution >= 4 is 33.4 Å². The second kappa shape index (κ2) is 6.67. The Labute approximate surface area is 139 Å². The first-order valence-corrected chi connectivity index (χ1v) is 8.15. The van der Waals surface area contributed by atoms with Gasteiger partial charge in [0.15, 0.2) is 5.13 Å². The Bertz CT molecular complexity index is 1000. The highest BCUT2D eigenvalue weighted by molar-refractivity contribution is 7.13. The zero-order chi connectivity index (χ0) is 17.1. The van der Waals surface area contributed by atoms with E-state index in [1.54, 1.807) is 12.1 Å². The Morgan fingerprint density at radius 1 is 1.21 bits per heavy atom. The molecule has 0 aliphatic carbocycles. The van der Waals surface area contributed by atoms with Crippen molar-refractivity contribution in [3.05, 3.63) is 55.5 Å². The third kappa shape index (κ3) is 3.51. The minimum absolute atomic E-state index is 0.248. The molecule has 2 aromatic heterocycles. The molecule has 3 aromatic rings. The van der Waals surface area contributed by atoms with Gasteiger partial charge in [-0.05, 0) is 31.0 Å². The van der Waals surface area contributed by atoms with Gasteiger partial charge in [-0.2, -0.15) is 0 Å². The van der Waals surface area contributed by atoms with E-state index in [-0.39, 0.29) is 5.91 Å². The van der Waals surface area contributed by atoms with Crippen molar-refractivity contribution in [2.24, 2.45) is 0 Å². The van der Waals surface area contributed by atoms with Gasteiger partial charge in [0.25, 0.3) is 5.91 Å². The second-order valence-corrected chi connectivity index (χ2v) is 6.09. The number of fused-ring (bicyclic) bond motifs is 1. The number of aromatic amines is 2. The number of nitrogens with one attached hydrogen (secondary N) is 3. The molecule has 0 saturated heterocycles. The van der Waals surface area contributed by atoms with Crippen LogP contribution in [0.1, 0.15) is 22.5 Å². The summed E-state index contributed by atoms with van der Waals surface area (Å²) < 4.78 is 0. The second-order valence-electron chi connectivity index (χ2n) is 5.21. The lowest BCUT2D eigenvalue weighted by Gasteiger charge is -2.05. The summed E-state index contributed by atoms with van der Waals surface area (Å²) in [6.45, 7) is 0.496. The smallest absolute Gasteiger partial charge is 0.314 e. The molecule has 8 nitrogen and oxygen atoms in total. The Kier molecular flexibility index (Phi) is 4.43. The molecule has 0 spiro atoms. The Balaban J connectivity index is 1.62. The highest BCUT2D eigenvalue weighted by Crippen LogP contribution is 2.12. The Morgan fingerprint density at radius 2 is 1.96 bits per heavy atom. The molecule has 9 heteroatoms. The number of amides is 1. The molecule has 1 aromatic carbocycles. The first-order valence-electron chi connectivity index (χ1n) is 7.27. The maximum Gasteiger partial charge on any atom is 0.314 e. The number of aryl methyl sites for hydroxylation is 1. The van der Waals surface area contributed by atoms with E-state index in [1.165, 1.54) is 17.4 Å². The van der Waals surface area contributed by atoms with Crippen LogP contribution in [0.5, 0.6) is 0 Å². The van der Waals surface area contributed by atoms with Crippen LogP contribution < -0.4 is 22.2 Å². The lowest BCUT2D eigenvalue weighted by atomic mass is 10.1. The topological polar surface area (TPSA) is 134 Å². The number of rotatable bonds is 5. The first kappa shape index (κ1) is 15.9. The molecular weight excluding hydrogens is 330 g/mol. The SMILES string of the molecule is Nc1nc(CCCNC(=O)c2ccc3[nH]c(=O)c(=O)[nH]c3c2)cs1. The summed E-state index contributed by atoms with van der Waals surface area (Å²) >= 11 is 1.39. The van der Waals surface area contributed by atoms with Gasteiger partial charge >= 0.3 is 11.1 Å². The molecule has 24 heavy (non-hydrogen) atoms. The van der Waals surface area contributed by atoms with Crippen LogP contribution in [-0.4, -0.2) is 27.4 Å². The molecule has 0 fully saturated rings. The minimum atomic E-state index is -0.748. The van der Waals surface area contributed by atoms with Crippen LogP contribution in [0.4, 0.5) is 5.13 Å². The predicted octanol–water partition coefficient (Wildman–Crippen LogP) is 0.618. The van der Waals surface area contributed by atoms with Crippen LogP contribution in [-0.2, 0) is 6.42 Å². The molecule has 5 N–H and O–H groups in total. The van der Waals surface area contributed by atoms with E-state index in [0.29, 0.717) is 28.3 Å². The van der Waals surface area contributed by atoms with E-state index < -0.39 is 11.1 Å². The highest BCUT2D eigenvalue weighted by Gasteiger charge is 2.08. The van der Waals surface area contributed by atoms with E-state index in [4.69, 9.17) is 5.73 Å². The van der Waals surface area contributed by atoms with Crippen LogP contribution in [0.25, 0.3) is 11.0 Å². The van der Waals surface area contributed by atoms with Gasteiger partial charge < -0.3 is 21.0 Å². The highest BCUT2D eigenvalue weighted by atomic mass is 32.1. The zero-order valence-corrected chi connectivity index (χ0v) is 13.4. The average Bonchev–Trinajstić information content (AvgIpc) is 2.97. The van der Waals surface area contributed by atoms with E-state index in [2.05, 4.69) is 20.3 Å². The van der Waals surface area contributed by atoms with Gasteiger partial charge in [-0.3, -0.25) is 14.4 Å². The number of anilines is 1. The molecule has 3 rings (SSSR count). The number of benzene rings is 1. The van der Waals surface area contributed by atoms with Gasteiger partial charge in [0, 0.05) is 17.5 Å². The summed E-state index contributed by atoms with van der Waals surface area (Å²) in [5, 5.41) is 5.25. The maximum atomic E-state index is 12.1. The normalized spacial score (nSPS) is 10.8. The lowest BCUT2D eigenvalue weighted by molar-refractivity contribution is 0.0953. The summed E-state index contributed by atoms with van der Waals surface area (Å²) in [5.41, 5.74) is 6.29. The minimum Gasteiger partial charge on any atom is -0.375 e. The number of hydrogen-bond donors (Lipinski definition) is 4. The van der Waals surface area contributed by atoms with Gasteiger partial charge in [0.2, 0.25) is 0 Å². The van der Waals surface area contributed by atoms with Crippen molar-refractivity contribution in [3.63, 3.8) is 0 Å². The maximum absolute atomic E-state index is 12.1. The number of nitrogens with zero attached hydrogens (tertiary/aromatic N) is 1. The number of nitrogens with two attached hydrogens (primary N) is 1. The van der Waals surface area contributed by atoms with E-state index in [9.17, 15) is 14.4 Å². The van der Waals surface area contributed by atoms with Crippen molar-refractivity contribution in [3.8, 4) is 0 Å². The fourth-order valence-corrected chi connectivity index (χ4v) is 2.86. The summed E-state index contributed by atoms with van der Waals surface area (Å²) in [5.74, 6) is -0.248. The van der Waals surface area contributed by atoms with Gasteiger partial charge in [-0.25, -0.2) is 4.98 Å². The third-order valence-corrected chi connectivity index (χ3v) is 4.17. The quantitative estimate of drug-likeness (QED) is 0.397. The number of carbonyl (C=O) groups excluding carboxylic acids is 1. The number of carbonyl (C=O) groups is 1. The predicted molar refractivity (Wildman–Crippen MR) is 92.4 cm³/mol. The number of aromatic nitrogens is 3. The van der Waals surface area contributed by atoms with Crippen LogP contribution >= 0.6 is 11.3 Å². The van der Waals surface area contributed by atoms with Crippen LogP contribution in [0.2, 0.25) is 0 Å². The monoisotopic (exact) mass is 345 g/mol. The summed E-state index contributed by atoms with van der Waals surface area (Å²) in [6, 6.07) is 4.70. The van der Waals surface area contributed by atoms with Crippen molar-refractivity contribution in [1.82, 2.24) is 20.3 Å². The average molecular weight is 345 g/mol. The summed E-state index contributed by atoms with van der Waals surface area (Å²) in [7, 11) is 0. The largest absolute Gasteiger partial charge is 0.375 e. The fraction of sp³-hybridized carbons (Fsp3) is 0.200. The molecule has 0 bridgehead atoms. The van der Waals surface area contributed by atoms with Crippen molar-refractivity contribution in [1.29, 1.82) is 0 Å². The molecular formula is C15H15N5O3S. The fourth-order valence-electron chi connectivity index (χ4n) is 2.27. The molecule has 0 aliphatic heterocycles. The zero-order valence-electron chi connectivity index (χ0n) is 12.6. The molecule has 124 valence electrons. The molecule has 0 aliphatic rings. The molecule has 0 atom stereocenters. The Morgan fingerprint density at radius 3 is 2.67 bits per heavy atom. The molecule has 2 heterocycles. The van der Waals surface area contributed by atoms with E-state index in [0.717, 1.165) is 18.5 Å². The van der Waals surface area contributed by atoms with Crippen molar-refractivity contribution in [2.75, 3.05) is 12.3 Å². The van der Waals surface area contributed by atoms with Gasteiger partial charge in [-0.1, -0.05) is 0 Å². The molecule has 0 unspecified atom stereocenters. The van der Waals surface area contributed by atoms with Crippen LogP contribution in [0.3, 0.4) is 0 Å². The molecule has 1 amide bonds. The molecule has 0 radical (unpaired) electrons. The van der Waals surface area contributed by atoms with Crippen LogP contribution in [0, 0.1) is 0 Å². The van der Waals surface area contributed by atoms with Gasteiger partial charge in [0.05, 0.1) is 16.7 Å². The number of hydrogen-bond acceptors (Lipinski definition) is 6. The lowest BCUT2D eigenvalue weighted by Crippen LogP contribution is -2.29. The number of H-pyrrole nitrogens is 2. The first-order chi connectivity index (χ1) is 11.5. The van der Waals surface area contributed by atoms with Crippen molar-refractivity contribution in [2.45, 2.75) is 12.8 Å². The summed E-state index contributed by atoms with van der Waals surface area (Å²) in [6.07, 6.45) is 1.48. The van der Waals surface area contributed by atoms with Crippen molar-refractivity contribution < 1.29 is 4.79 Å². The van der Waals surface area contributed by atoms with E-state index in [1.807, 2.05) is 5.38 Å².